The standard InChI is InChI=1S/C15H21NO5/c1-15(2)20-9-10(21-15)8-16-14(17)11-6-5-7-12(18-3)13(11)19-4/h5-7,10H,8-9H2,1-4H3,(H,16,17). The predicted octanol–water partition coefficient (Wildman–Crippen LogP) is 1.59. The summed E-state index contributed by atoms with van der Waals surface area (Å²) in [5, 5.41) is 2.83. The number of para-hydroxylation sites is 1. The summed E-state index contributed by atoms with van der Waals surface area (Å²) < 4.78 is 21.5. The molecule has 1 amide bonds. The highest BCUT2D eigenvalue weighted by molar-refractivity contribution is 5.97. The first-order valence-electron chi connectivity index (χ1n) is 6.78. The Labute approximate surface area is 124 Å². The van der Waals surface area contributed by atoms with E-state index in [9.17, 15) is 4.79 Å². The Morgan fingerprint density at radius 2 is 2.14 bits per heavy atom. The fourth-order valence-corrected chi connectivity index (χ4v) is 2.23. The van der Waals surface area contributed by atoms with Crippen molar-refractivity contribution >= 4 is 5.91 Å². The van der Waals surface area contributed by atoms with Gasteiger partial charge in [-0.15, -0.1) is 0 Å². The molecule has 1 aromatic rings. The Balaban J connectivity index is 2.01. The lowest BCUT2D eigenvalue weighted by molar-refractivity contribution is -0.137. The van der Waals surface area contributed by atoms with Crippen LogP contribution in [-0.2, 0) is 9.47 Å². The van der Waals surface area contributed by atoms with Crippen LogP contribution in [0.1, 0.15) is 24.2 Å². The molecule has 1 aliphatic heterocycles. The number of hydrogen-bond acceptors (Lipinski definition) is 5. The van der Waals surface area contributed by atoms with Gasteiger partial charge in [0.2, 0.25) is 0 Å². The molecule has 1 aliphatic rings. The summed E-state index contributed by atoms with van der Waals surface area (Å²) in [5.41, 5.74) is 0.426. The third-order valence-electron chi connectivity index (χ3n) is 3.21. The Morgan fingerprint density at radius 1 is 1.38 bits per heavy atom. The number of carbonyl (C=O) groups excluding carboxylic acids is 1. The van der Waals surface area contributed by atoms with E-state index in [-0.39, 0.29) is 12.0 Å². The number of nitrogens with one attached hydrogen (secondary N) is 1. The quantitative estimate of drug-likeness (QED) is 0.893. The number of benzene rings is 1. The van der Waals surface area contributed by atoms with E-state index in [1.54, 1.807) is 18.2 Å². The van der Waals surface area contributed by atoms with Crippen molar-refractivity contribution in [2.24, 2.45) is 0 Å². The second-order valence-corrected chi connectivity index (χ2v) is 5.20. The van der Waals surface area contributed by atoms with Gasteiger partial charge in [-0.25, -0.2) is 0 Å². The van der Waals surface area contributed by atoms with Gasteiger partial charge in [-0.05, 0) is 26.0 Å². The van der Waals surface area contributed by atoms with Crippen LogP contribution in [0.25, 0.3) is 0 Å². The molecule has 0 radical (unpaired) electrons. The van der Waals surface area contributed by atoms with Crippen molar-refractivity contribution in [3.8, 4) is 11.5 Å². The Bertz CT molecular complexity index is 515. The Morgan fingerprint density at radius 3 is 2.71 bits per heavy atom. The van der Waals surface area contributed by atoms with Gasteiger partial charge in [0.05, 0.1) is 26.4 Å². The highest BCUT2D eigenvalue weighted by Crippen LogP contribution is 2.30. The molecular weight excluding hydrogens is 274 g/mol. The zero-order chi connectivity index (χ0) is 15.5. The fraction of sp³-hybridized carbons (Fsp3) is 0.533. The van der Waals surface area contributed by atoms with Crippen LogP contribution in [0.15, 0.2) is 18.2 Å². The van der Waals surface area contributed by atoms with E-state index in [0.717, 1.165) is 0 Å². The van der Waals surface area contributed by atoms with Gasteiger partial charge in [0.1, 0.15) is 6.10 Å². The first-order chi connectivity index (χ1) is 9.96. The maximum Gasteiger partial charge on any atom is 0.255 e. The minimum atomic E-state index is -0.594. The summed E-state index contributed by atoms with van der Waals surface area (Å²) >= 11 is 0. The van der Waals surface area contributed by atoms with Crippen molar-refractivity contribution < 1.29 is 23.7 Å². The fourth-order valence-electron chi connectivity index (χ4n) is 2.23. The second-order valence-electron chi connectivity index (χ2n) is 5.20. The van der Waals surface area contributed by atoms with Gasteiger partial charge < -0.3 is 24.3 Å². The summed E-state index contributed by atoms with van der Waals surface area (Å²) in [6, 6.07) is 5.17. The van der Waals surface area contributed by atoms with Gasteiger partial charge in [-0.3, -0.25) is 4.79 Å². The molecule has 0 aliphatic carbocycles. The van der Waals surface area contributed by atoms with Gasteiger partial charge in [0, 0.05) is 6.54 Å². The van der Waals surface area contributed by atoms with Crippen LogP contribution in [0.2, 0.25) is 0 Å². The van der Waals surface area contributed by atoms with E-state index >= 15 is 0 Å². The number of rotatable bonds is 5. The molecule has 1 unspecified atom stereocenters. The Kier molecular flexibility index (Phi) is 4.69. The molecule has 116 valence electrons. The summed E-state index contributed by atoms with van der Waals surface area (Å²) in [6.45, 7) is 4.53. The molecule has 1 fully saturated rings. The summed E-state index contributed by atoms with van der Waals surface area (Å²) in [4.78, 5) is 12.3. The lowest BCUT2D eigenvalue weighted by Gasteiger charge is -2.17. The van der Waals surface area contributed by atoms with Crippen molar-refractivity contribution in [2.45, 2.75) is 25.7 Å². The summed E-state index contributed by atoms with van der Waals surface area (Å²) in [5.74, 6) is 0.107. The van der Waals surface area contributed by atoms with Gasteiger partial charge >= 0.3 is 0 Å². The zero-order valence-corrected chi connectivity index (χ0v) is 12.8. The molecule has 1 saturated heterocycles. The molecule has 0 spiro atoms. The predicted molar refractivity (Wildman–Crippen MR) is 76.8 cm³/mol. The third-order valence-corrected chi connectivity index (χ3v) is 3.21. The number of carbonyl (C=O) groups is 1. The first kappa shape index (κ1) is 15.6. The van der Waals surface area contributed by atoms with Crippen LogP contribution in [-0.4, -0.2) is 45.2 Å². The van der Waals surface area contributed by atoms with Crippen LogP contribution in [0.5, 0.6) is 11.5 Å². The lowest BCUT2D eigenvalue weighted by atomic mass is 10.1. The minimum absolute atomic E-state index is 0.152. The number of ether oxygens (including phenoxy) is 4. The Hall–Kier alpha value is -1.79. The van der Waals surface area contributed by atoms with Crippen molar-refractivity contribution in [1.29, 1.82) is 0 Å². The summed E-state index contributed by atoms with van der Waals surface area (Å²) in [7, 11) is 3.04. The van der Waals surface area contributed by atoms with E-state index in [1.165, 1.54) is 14.2 Å². The van der Waals surface area contributed by atoms with Gasteiger partial charge in [-0.2, -0.15) is 0 Å². The van der Waals surface area contributed by atoms with Crippen molar-refractivity contribution in [3.63, 3.8) is 0 Å². The largest absolute Gasteiger partial charge is 0.493 e. The smallest absolute Gasteiger partial charge is 0.255 e. The number of amides is 1. The van der Waals surface area contributed by atoms with Gasteiger partial charge in [0.25, 0.3) is 5.91 Å². The molecule has 1 heterocycles. The third kappa shape index (κ3) is 3.65. The zero-order valence-electron chi connectivity index (χ0n) is 12.8. The van der Waals surface area contributed by atoms with Crippen LogP contribution < -0.4 is 14.8 Å². The molecular formula is C15H21NO5. The molecule has 6 nitrogen and oxygen atoms in total. The van der Waals surface area contributed by atoms with Crippen LogP contribution in [0, 0.1) is 0 Å². The average molecular weight is 295 g/mol. The molecule has 1 aromatic carbocycles. The lowest BCUT2D eigenvalue weighted by Crippen LogP contribution is -2.34. The molecule has 0 aromatic heterocycles. The molecule has 1 N–H and O–H groups in total. The SMILES string of the molecule is COc1cccc(C(=O)NCC2COC(C)(C)O2)c1OC. The number of methoxy groups -OCH3 is 2. The summed E-state index contributed by atoms with van der Waals surface area (Å²) in [6.07, 6.45) is -0.152. The van der Waals surface area contributed by atoms with E-state index in [1.807, 2.05) is 13.8 Å². The molecule has 2 rings (SSSR count). The number of hydrogen-bond donors (Lipinski definition) is 1. The molecule has 0 bridgehead atoms. The molecule has 21 heavy (non-hydrogen) atoms. The van der Waals surface area contributed by atoms with Crippen LogP contribution in [0.3, 0.4) is 0 Å². The first-order valence-corrected chi connectivity index (χ1v) is 6.78. The normalized spacial score (nSPS) is 20.1. The molecule has 0 saturated carbocycles. The second kappa shape index (κ2) is 6.32. The van der Waals surface area contributed by atoms with Crippen molar-refractivity contribution in [2.75, 3.05) is 27.4 Å². The maximum atomic E-state index is 12.3. The van der Waals surface area contributed by atoms with Crippen molar-refractivity contribution in [3.05, 3.63) is 23.8 Å². The monoisotopic (exact) mass is 295 g/mol. The highest BCUT2D eigenvalue weighted by Gasteiger charge is 2.32. The minimum Gasteiger partial charge on any atom is -0.493 e. The van der Waals surface area contributed by atoms with E-state index in [2.05, 4.69) is 5.32 Å². The van der Waals surface area contributed by atoms with E-state index in [4.69, 9.17) is 18.9 Å². The van der Waals surface area contributed by atoms with E-state index < -0.39 is 5.79 Å². The molecule has 1 atom stereocenters. The van der Waals surface area contributed by atoms with Crippen LogP contribution >= 0.6 is 0 Å². The van der Waals surface area contributed by atoms with E-state index in [0.29, 0.717) is 30.2 Å². The van der Waals surface area contributed by atoms with Crippen molar-refractivity contribution in [1.82, 2.24) is 5.32 Å². The highest BCUT2D eigenvalue weighted by atomic mass is 16.7. The van der Waals surface area contributed by atoms with Crippen LogP contribution in [0.4, 0.5) is 0 Å². The molecule has 6 heteroatoms. The van der Waals surface area contributed by atoms with Gasteiger partial charge in [0.15, 0.2) is 17.3 Å². The topological polar surface area (TPSA) is 66.0 Å². The van der Waals surface area contributed by atoms with Gasteiger partial charge in [-0.1, -0.05) is 6.07 Å². The average Bonchev–Trinajstić information content (AvgIpc) is 2.83. The maximum absolute atomic E-state index is 12.3.